The maximum absolute atomic E-state index is 12.0. The molecule has 5 nitrogen and oxygen atoms in total. The third kappa shape index (κ3) is 2.05. The molecule has 0 amide bonds. The van der Waals surface area contributed by atoms with Gasteiger partial charge >= 0.3 is 11.5 Å². The molecule has 5 heteroatoms. The van der Waals surface area contributed by atoms with E-state index in [1.54, 1.807) is 6.92 Å². The summed E-state index contributed by atoms with van der Waals surface area (Å²) >= 11 is 0. The number of hydrogen-bond donors (Lipinski definition) is 0. The first kappa shape index (κ1) is 13.5. The standard InChI is InChI=1S/C16H15NO4/c1-2-21-15(18)16(17(19)20)10-14(16)13-8-7-11-5-3-4-6-12(11)9-13/h3-9,14H,2,10H2,1H3/t14-,16+/m0/s1. The van der Waals surface area contributed by atoms with Gasteiger partial charge in [-0.2, -0.15) is 0 Å². The molecule has 1 aliphatic carbocycles. The van der Waals surface area contributed by atoms with E-state index in [1.165, 1.54) is 0 Å². The molecule has 1 fully saturated rings. The molecule has 0 bridgehead atoms. The van der Waals surface area contributed by atoms with Gasteiger partial charge in [-0.05, 0) is 23.3 Å². The van der Waals surface area contributed by atoms with Gasteiger partial charge < -0.3 is 4.74 Å². The first-order chi connectivity index (χ1) is 10.1. The van der Waals surface area contributed by atoms with Crippen LogP contribution in [0.5, 0.6) is 0 Å². The Bertz CT molecular complexity index is 727. The summed E-state index contributed by atoms with van der Waals surface area (Å²) in [5.41, 5.74) is -0.781. The van der Waals surface area contributed by atoms with Crippen LogP contribution in [0.15, 0.2) is 42.5 Å². The number of esters is 1. The molecule has 2 atom stereocenters. The van der Waals surface area contributed by atoms with Crippen molar-refractivity contribution in [3.05, 3.63) is 58.1 Å². The van der Waals surface area contributed by atoms with E-state index in [1.807, 2.05) is 42.5 Å². The van der Waals surface area contributed by atoms with Crippen LogP contribution in [0.1, 0.15) is 24.8 Å². The molecular weight excluding hydrogens is 270 g/mol. The van der Waals surface area contributed by atoms with Crippen LogP contribution in [0.2, 0.25) is 0 Å². The van der Waals surface area contributed by atoms with Gasteiger partial charge in [-0.3, -0.25) is 10.1 Å². The van der Waals surface area contributed by atoms with Crippen molar-refractivity contribution in [1.82, 2.24) is 0 Å². The topological polar surface area (TPSA) is 69.4 Å². The Kier molecular flexibility index (Phi) is 3.12. The smallest absolute Gasteiger partial charge is 0.385 e. The van der Waals surface area contributed by atoms with E-state index < -0.39 is 22.3 Å². The highest BCUT2D eigenvalue weighted by Crippen LogP contribution is 2.54. The summed E-state index contributed by atoms with van der Waals surface area (Å²) < 4.78 is 4.89. The lowest BCUT2D eigenvalue weighted by Gasteiger charge is -2.09. The average Bonchev–Trinajstić information content (AvgIpc) is 3.24. The third-order valence-electron chi connectivity index (χ3n) is 4.06. The first-order valence-electron chi connectivity index (χ1n) is 6.90. The van der Waals surface area contributed by atoms with Gasteiger partial charge in [-0.1, -0.05) is 42.5 Å². The maximum Gasteiger partial charge on any atom is 0.385 e. The zero-order chi connectivity index (χ0) is 15.0. The Balaban J connectivity index is 1.96. The summed E-state index contributed by atoms with van der Waals surface area (Å²) in [4.78, 5) is 22.8. The number of fused-ring (bicyclic) bond motifs is 1. The highest BCUT2D eigenvalue weighted by atomic mass is 16.6. The van der Waals surface area contributed by atoms with Gasteiger partial charge in [0.05, 0.1) is 12.5 Å². The van der Waals surface area contributed by atoms with Crippen molar-refractivity contribution in [3.63, 3.8) is 0 Å². The van der Waals surface area contributed by atoms with Crippen molar-refractivity contribution >= 4 is 16.7 Å². The number of hydrogen-bond acceptors (Lipinski definition) is 4. The highest BCUT2D eigenvalue weighted by molar-refractivity contribution is 5.87. The van der Waals surface area contributed by atoms with Crippen molar-refractivity contribution < 1.29 is 14.5 Å². The summed E-state index contributed by atoms with van der Waals surface area (Å²) in [7, 11) is 0. The summed E-state index contributed by atoms with van der Waals surface area (Å²) in [5, 5.41) is 13.4. The fourth-order valence-corrected chi connectivity index (χ4v) is 2.83. The Hall–Kier alpha value is -2.43. The minimum atomic E-state index is -1.60. The fourth-order valence-electron chi connectivity index (χ4n) is 2.83. The number of ether oxygens (including phenoxy) is 1. The summed E-state index contributed by atoms with van der Waals surface area (Å²) in [6.45, 7) is 1.80. The third-order valence-corrected chi connectivity index (χ3v) is 4.06. The molecule has 0 heterocycles. The highest BCUT2D eigenvalue weighted by Gasteiger charge is 2.74. The van der Waals surface area contributed by atoms with Gasteiger partial charge in [0.15, 0.2) is 0 Å². The minimum absolute atomic E-state index is 0.152. The predicted molar refractivity (Wildman–Crippen MR) is 77.7 cm³/mol. The largest absolute Gasteiger partial charge is 0.461 e. The van der Waals surface area contributed by atoms with Gasteiger partial charge in [0.25, 0.3) is 0 Å². The Labute approximate surface area is 121 Å². The van der Waals surface area contributed by atoms with Crippen LogP contribution < -0.4 is 0 Å². The lowest BCUT2D eigenvalue weighted by atomic mass is 10.0. The van der Waals surface area contributed by atoms with Gasteiger partial charge in [0.2, 0.25) is 0 Å². The number of nitrogens with zero attached hydrogens (tertiary/aromatic N) is 1. The number of nitro groups is 1. The quantitative estimate of drug-likeness (QED) is 0.492. The molecule has 0 spiro atoms. The van der Waals surface area contributed by atoms with Crippen LogP contribution in [0.4, 0.5) is 0 Å². The van der Waals surface area contributed by atoms with Crippen LogP contribution in [-0.4, -0.2) is 23.0 Å². The van der Waals surface area contributed by atoms with Gasteiger partial charge in [0.1, 0.15) is 0 Å². The molecule has 1 saturated carbocycles. The van der Waals surface area contributed by atoms with Crippen molar-refractivity contribution in [3.8, 4) is 0 Å². The fraction of sp³-hybridized carbons (Fsp3) is 0.312. The van der Waals surface area contributed by atoms with Crippen molar-refractivity contribution in [1.29, 1.82) is 0 Å². The normalized spacial score (nSPS) is 23.8. The van der Waals surface area contributed by atoms with E-state index in [9.17, 15) is 14.9 Å². The Morgan fingerprint density at radius 1 is 1.33 bits per heavy atom. The second-order valence-electron chi connectivity index (χ2n) is 5.27. The molecule has 108 valence electrons. The molecule has 21 heavy (non-hydrogen) atoms. The number of carbonyl (C=O) groups excluding carboxylic acids is 1. The van der Waals surface area contributed by atoms with Crippen LogP contribution in [0.3, 0.4) is 0 Å². The predicted octanol–water partition coefficient (Wildman–Crippen LogP) is 2.91. The first-order valence-corrected chi connectivity index (χ1v) is 6.90. The second kappa shape index (κ2) is 4.84. The van der Waals surface area contributed by atoms with Gasteiger partial charge in [-0.25, -0.2) is 4.79 Å². The number of carbonyl (C=O) groups is 1. The van der Waals surface area contributed by atoms with Crippen LogP contribution in [0.25, 0.3) is 10.8 Å². The number of benzene rings is 2. The van der Waals surface area contributed by atoms with Crippen LogP contribution in [0, 0.1) is 10.1 Å². The molecular formula is C16H15NO4. The molecule has 0 aliphatic heterocycles. The number of rotatable bonds is 4. The Morgan fingerprint density at radius 3 is 2.71 bits per heavy atom. The maximum atomic E-state index is 12.0. The molecule has 0 unspecified atom stereocenters. The molecule has 0 aromatic heterocycles. The molecule has 1 aliphatic rings. The molecule has 2 aromatic rings. The van der Waals surface area contributed by atoms with Crippen molar-refractivity contribution in [2.75, 3.05) is 6.61 Å². The molecule has 2 aromatic carbocycles. The molecule has 0 N–H and O–H groups in total. The van der Waals surface area contributed by atoms with E-state index in [0.717, 1.165) is 16.3 Å². The van der Waals surface area contributed by atoms with Crippen molar-refractivity contribution in [2.24, 2.45) is 0 Å². The van der Waals surface area contributed by atoms with E-state index in [4.69, 9.17) is 4.74 Å². The second-order valence-corrected chi connectivity index (χ2v) is 5.27. The summed E-state index contributed by atoms with van der Waals surface area (Å²) in [5.74, 6) is -1.13. The zero-order valence-electron chi connectivity index (χ0n) is 11.6. The van der Waals surface area contributed by atoms with Gasteiger partial charge in [0, 0.05) is 11.3 Å². The van der Waals surface area contributed by atoms with E-state index in [-0.39, 0.29) is 13.0 Å². The monoisotopic (exact) mass is 285 g/mol. The van der Waals surface area contributed by atoms with Crippen molar-refractivity contribution in [2.45, 2.75) is 24.8 Å². The molecule has 3 rings (SSSR count). The van der Waals surface area contributed by atoms with Crippen LogP contribution >= 0.6 is 0 Å². The molecule has 0 radical (unpaired) electrons. The average molecular weight is 285 g/mol. The molecule has 0 saturated heterocycles. The minimum Gasteiger partial charge on any atom is -0.461 e. The Morgan fingerprint density at radius 2 is 2.05 bits per heavy atom. The lowest BCUT2D eigenvalue weighted by molar-refractivity contribution is -0.527. The SMILES string of the molecule is CCOC(=O)[C@@]1([N+](=O)[O-])C[C@H]1c1ccc2ccccc2c1. The van der Waals surface area contributed by atoms with E-state index >= 15 is 0 Å². The van der Waals surface area contributed by atoms with Gasteiger partial charge in [-0.15, -0.1) is 0 Å². The zero-order valence-corrected chi connectivity index (χ0v) is 11.6. The van der Waals surface area contributed by atoms with E-state index in [2.05, 4.69) is 0 Å². The lowest BCUT2D eigenvalue weighted by Crippen LogP contribution is -2.35. The van der Waals surface area contributed by atoms with E-state index in [0.29, 0.717) is 0 Å². The van der Waals surface area contributed by atoms with Crippen LogP contribution in [-0.2, 0) is 9.53 Å². The summed E-state index contributed by atoms with van der Waals surface area (Å²) in [6.07, 6.45) is 0.206. The summed E-state index contributed by atoms with van der Waals surface area (Å²) in [6, 6.07) is 13.5.